The molecule has 5 nitrogen and oxygen atoms in total. The Labute approximate surface area is 147 Å². The van der Waals surface area contributed by atoms with Gasteiger partial charge in [-0.15, -0.1) is 23.7 Å². The third-order valence-electron chi connectivity index (χ3n) is 4.47. The van der Waals surface area contributed by atoms with Gasteiger partial charge in [0.2, 0.25) is 5.91 Å². The molecule has 2 aliphatic rings. The average Bonchev–Trinajstić information content (AvgIpc) is 3.19. The van der Waals surface area contributed by atoms with Gasteiger partial charge in [-0.05, 0) is 30.7 Å². The molecule has 7 heteroatoms. The summed E-state index contributed by atoms with van der Waals surface area (Å²) in [5.74, 6) is 0.162. The molecule has 3 rings (SSSR count). The minimum absolute atomic E-state index is 0. The SMILES string of the molecule is Cl.O=C(CC1CNCCO1)N1CCCC1CC(O)c1cccs1. The zero-order chi connectivity index (χ0) is 15.4. The lowest BCUT2D eigenvalue weighted by molar-refractivity contribution is -0.136. The molecule has 0 bridgehead atoms. The maximum absolute atomic E-state index is 12.5. The van der Waals surface area contributed by atoms with Crippen molar-refractivity contribution in [2.24, 2.45) is 0 Å². The molecule has 3 atom stereocenters. The van der Waals surface area contributed by atoms with Crippen LogP contribution in [0.4, 0.5) is 0 Å². The Morgan fingerprint density at radius 2 is 2.43 bits per heavy atom. The largest absolute Gasteiger partial charge is 0.387 e. The molecule has 0 saturated carbocycles. The van der Waals surface area contributed by atoms with Gasteiger partial charge in [0.15, 0.2) is 0 Å². The minimum atomic E-state index is -0.467. The number of aliphatic hydroxyl groups excluding tert-OH is 1. The Bertz CT molecular complexity index is 480. The van der Waals surface area contributed by atoms with E-state index in [4.69, 9.17) is 4.74 Å². The van der Waals surface area contributed by atoms with E-state index in [-0.39, 0.29) is 30.5 Å². The topological polar surface area (TPSA) is 61.8 Å². The lowest BCUT2D eigenvalue weighted by atomic mass is 10.1. The number of ether oxygens (including phenoxy) is 1. The fourth-order valence-corrected chi connectivity index (χ4v) is 4.05. The molecule has 2 N–H and O–H groups in total. The highest BCUT2D eigenvalue weighted by Crippen LogP contribution is 2.30. The van der Waals surface area contributed by atoms with Crippen LogP contribution < -0.4 is 5.32 Å². The van der Waals surface area contributed by atoms with Crippen LogP contribution in [0.15, 0.2) is 17.5 Å². The Morgan fingerprint density at radius 3 is 3.13 bits per heavy atom. The van der Waals surface area contributed by atoms with Gasteiger partial charge in [0, 0.05) is 30.6 Å². The third kappa shape index (κ3) is 4.90. The monoisotopic (exact) mass is 360 g/mol. The van der Waals surface area contributed by atoms with Gasteiger partial charge >= 0.3 is 0 Å². The number of carbonyl (C=O) groups is 1. The van der Waals surface area contributed by atoms with Gasteiger partial charge in [0.05, 0.1) is 25.2 Å². The standard InChI is InChI=1S/C16H24N2O3S.ClH/c19-14(15-4-2-8-22-15)9-12-3-1-6-18(12)16(20)10-13-11-17-5-7-21-13;/h2,4,8,12-14,17,19H,1,3,5-7,9-11H2;1H. The van der Waals surface area contributed by atoms with Crippen molar-refractivity contribution in [2.75, 3.05) is 26.2 Å². The van der Waals surface area contributed by atoms with Gasteiger partial charge in [0.25, 0.3) is 0 Å². The Balaban J connectivity index is 0.00000192. The molecule has 1 aromatic rings. The summed E-state index contributed by atoms with van der Waals surface area (Å²) < 4.78 is 5.63. The van der Waals surface area contributed by atoms with Crippen molar-refractivity contribution in [1.82, 2.24) is 10.2 Å². The fourth-order valence-electron chi connectivity index (χ4n) is 3.33. The molecule has 2 aliphatic heterocycles. The molecule has 1 aromatic heterocycles. The number of thiophene rings is 1. The highest BCUT2D eigenvalue weighted by atomic mass is 35.5. The lowest BCUT2D eigenvalue weighted by Gasteiger charge is -2.29. The first-order valence-corrected chi connectivity index (χ1v) is 8.95. The molecule has 0 radical (unpaired) electrons. The number of hydrogen-bond acceptors (Lipinski definition) is 5. The van der Waals surface area contributed by atoms with E-state index in [2.05, 4.69) is 5.32 Å². The van der Waals surface area contributed by atoms with Crippen LogP contribution in [0.3, 0.4) is 0 Å². The molecule has 3 unspecified atom stereocenters. The first-order valence-electron chi connectivity index (χ1n) is 8.07. The number of nitrogens with one attached hydrogen (secondary N) is 1. The number of amides is 1. The summed E-state index contributed by atoms with van der Waals surface area (Å²) in [5.41, 5.74) is 0. The van der Waals surface area contributed by atoms with Gasteiger partial charge in [-0.3, -0.25) is 4.79 Å². The number of halogens is 1. The highest BCUT2D eigenvalue weighted by Gasteiger charge is 2.32. The van der Waals surface area contributed by atoms with Gasteiger partial charge < -0.3 is 20.1 Å². The number of likely N-dealkylation sites (tertiary alicyclic amines) is 1. The van der Waals surface area contributed by atoms with E-state index in [1.54, 1.807) is 11.3 Å². The molecular formula is C16H25ClN2O3S. The van der Waals surface area contributed by atoms with Crippen molar-refractivity contribution in [3.63, 3.8) is 0 Å². The van der Waals surface area contributed by atoms with Crippen LogP contribution in [0, 0.1) is 0 Å². The molecule has 23 heavy (non-hydrogen) atoms. The molecule has 0 spiro atoms. The molecule has 0 aliphatic carbocycles. The van der Waals surface area contributed by atoms with Crippen LogP contribution >= 0.6 is 23.7 Å². The maximum atomic E-state index is 12.5. The number of rotatable bonds is 5. The fraction of sp³-hybridized carbons (Fsp3) is 0.688. The summed E-state index contributed by atoms with van der Waals surface area (Å²) in [7, 11) is 0. The van der Waals surface area contributed by atoms with E-state index < -0.39 is 6.10 Å². The normalized spacial score (nSPS) is 25.9. The van der Waals surface area contributed by atoms with Gasteiger partial charge in [0.1, 0.15) is 0 Å². The van der Waals surface area contributed by atoms with Gasteiger partial charge in [-0.1, -0.05) is 6.07 Å². The summed E-state index contributed by atoms with van der Waals surface area (Å²) in [5, 5.41) is 15.6. The van der Waals surface area contributed by atoms with Crippen molar-refractivity contribution in [3.05, 3.63) is 22.4 Å². The van der Waals surface area contributed by atoms with Crippen LogP contribution in [-0.2, 0) is 9.53 Å². The summed E-state index contributed by atoms with van der Waals surface area (Å²) >= 11 is 1.57. The number of carbonyl (C=O) groups excluding carboxylic acids is 1. The highest BCUT2D eigenvalue weighted by molar-refractivity contribution is 7.10. The second-order valence-electron chi connectivity index (χ2n) is 6.05. The minimum Gasteiger partial charge on any atom is -0.387 e. The molecule has 0 aromatic carbocycles. The first kappa shape index (κ1) is 18.7. The van der Waals surface area contributed by atoms with E-state index >= 15 is 0 Å². The number of aliphatic hydroxyl groups is 1. The first-order chi connectivity index (χ1) is 10.7. The predicted octanol–water partition coefficient (Wildman–Crippen LogP) is 1.96. The lowest BCUT2D eigenvalue weighted by Crippen LogP contribution is -2.43. The van der Waals surface area contributed by atoms with Crippen LogP contribution in [0.25, 0.3) is 0 Å². The van der Waals surface area contributed by atoms with E-state index in [9.17, 15) is 9.90 Å². The van der Waals surface area contributed by atoms with Gasteiger partial charge in [-0.2, -0.15) is 0 Å². The second kappa shape index (κ2) is 8.99. The summed E-state index contributed by atoms with van der Waals surface area (Å²) in [6.07, 6.45) is 2.61. The van der Waals surface area contributed by atoms with Crippen molar-refractivity contribution in [3.8, 4) is 0 Å². The third-order valence-corrected chi connectivity index (χ3v) is 5.44. The molecule has 3 heterocycles. The number of morpholine rings is 1. The molecule has 130 valence electrons. The molecule has 2 fully saturated rings. The van der Waals surface area contributed by atoms with Crippen LogP contribution in [0.1, 0.15) is 36.7 Å². The molecule has 2 saturated heterocycles. The Kier molecular flexibility index (Phi) is 7.30. The van der Waals surface area contributed by atoms with Crippen molar-refractivity contribution in [1.29, 1.82) is 0 Å². The van der Waals surface area contributed by atoms with E-state index in [0.717, 1.165) is 37.4 Å². The van der Waals surface area contributed by atoms with E-state index in [1.165, 1.54) is 0 Å². The Hall–Kier alpha value is -0.660. The zero-order valence-electron chi connectivity index (χ0n) is 13.1. The van der Waals surface area contributed by atoms with Crippen molar-refractivity contribution < 1.29 is 14.6 Å². The van der Waals surface area contributed by atoms with Crippen molar-refractivity contribution >= 4 is 29.7 Å². The smallest absolute Gasteiger partial charge is 0.225 e. The van der Waals surface area contributed by atoms with E-state index in [0.29, 0.717) is 19.4 Å². The molecule has 1 amide bonds. The van der Waals surface area contributed by atoms with Crippen molar-refractivity contribution in [2.45, 2.75) is 43.9 Å². The van der Waals surface area contributed by atoms with Crippen LogP contribution in [0.5, 0.6) is 0 Å². The van der Waals surface area contributed by atoms with Crippen LogP contribution in [-0.4, -0.2) is 54.3 Å². The summed E-state index contributed by atoms with van der Waals surface area (Å²) in [4.78, 5) is 15.5. The van der Waals surface area contributed by atoms with Gasteiger partial charge in [-0.25, -0.2) is 0 Å². The van der Waals surface area contributed by atoms with Crippen LogP contribution in [0.2, 0.25) is 0 Å². The maximum Gasteiger partial charge on any atom is 0.225 e. The Morgan fingerprint density at radius 1 is 1.57 bits per heavy atom. The summed E-state index contributed by atoms with van der Waals surface area (Å²) in [6.45, 7) is 3.10. The zero-order valence-corrected chi connectivity index (χ0v) is 14.8. The van der Waals surface area contributed by atoms with E-state index in [1.807, 2.05) is 22.4 Å². The number of nitrogens with zero attached hydrogens (tertiary/aromatic N) is 1. The second-order valence-corrected chi connectivity index (χ2v) is 7.03. The molecular weight excluding hydrogens is 336 g/mol. The average molecular weight is 361 g/mol. The quantitative estimate of drug-likeness (QED) is 0.842. The predicted molar refractivity (Wildman–Crippen MR) is 93.1 cm³/mol. The number of hydrogen-bond donors (Lipinski definition) is 2. The summed E-state index contributed by atoms with van der Waals surface area (Å²) in [6, 6.07) is 4.06.